The van der Waals surface area contributed by atoms with Gasteiger partial charge < -0.3 is 139 Å². The Labute approximate surface area is 532 Å². The maximum Gasteiger partial charge on any atom is 0.326 e. The number of aliphatic imine (C=N–C) groups is 6. The lowest BCUT2D eigenvalue weighted by Gasteiger charge is -2.29. The molecule has 0 aliphatic carbocycles. The van der Waals surface area contributed by atoms with Crippen LogP contribution in [-0.4, -0.2) is 211 Å². The first-order valence-electron chi connectivity index (χ1n) is 29.7. The number of hydrogen-bond acceptors (Lipinski definition) is 19. The summed E-state index contributed by atoms with van der Waals surface area (Å²) in [6.07, 6.45) is -2.26. The lowest BCUT2D eigenvalue weighted by molar-refractivity contribution is -0.142. The third-order valence-electron chi connectivity index (χ3n) is 13.1. The van der Waals surface area contributed by atoms with Gasteiger partial charge in [0.2, 0.25) is 53.2 Å². The third kappa shape index (κ3) is 38.6. The van der Waals surface area contributed by atoms with E-state index in [-0.39, 0.29) is 159 Å². The molecule has 0 fully saturated rings. The maximum absolute atomic E-state index is 14.5. The fourth-order valence-corrected chi connectivity index (χ4v) is 8.38. The summed E-state index contributed by atoms with van der Waals surface area (Å²) in [5, 5.41) is 40.9. The molecule has 0 unspecified atom stereocenters. The zero-order valence-electron chi connectivity index (χ0n) is 52.1. The summed E-state index contributed by atoms with van der Waals surface area (Å²) in [6.45, 7) is 1.35. The fourth-order valence-electron chi connectivity index (χ4n) is 8.38. The zero-order valence-corrected chi connectivity index (χ0v) is 52.1. The molecule has 0 aliphatic rings. The average molecular weight is 1310 g/mol. The molecule has 0 aliphatic heterocycles. The molecule has 522 valence electrons. The topological polar surface area (TPSA) is 772 Å². The molecule has 9 amide bonds. The van der Waals surface area contributed by atoms with Crippen LogP contribution in [0, 0.1) is 0 Å². The summed E-state index contributed by atoms with van der Waals surface area (Å²) < 4.78 is 0. The van der Waals surface area contributed by atoms with Crippen LogP contribution in [0.3, 0.4) is 0 Å². The van der Waals surface area contributed by atoms with Crippen molar-refractivity contribution in [2.75, 3.05) is 45.8 Å². The number of carbonyl (C=O) groups is 10. The summed E-state index contributed by atoms with van der Waals surface area (Å²) >= 11 is 0. The number of nitrogens with one attached hydrogen (secondary N) is 8. The van der Waals surface area contributed by atoms with Crippen molar-refractivity contribution in [1.82, 2.24) is 42.5 Å². The van der Waals surface area contributed by atoms with E-state index in [4.69, 9.17) is 86.0 Å². The van der Waals surface area contributed by atoms with E-state index in [0.29, 0.717) is 19.3 Å². The van der Waals surface area contributed by atoms with Gasteiger partial charge in [-0.1, -0.05) is 0 Å². The first-order chi connectivity index (χ1) is 43.3. The minimum absolute atomic E-state index is 0.00882. The molecule has 92 heavy (non-hydrogen) atoms. The van der Waals surface area contributed by atoms with Gasteiger partial charge in [-0.15, -0.1) is 0 Å². The number of carbonyl (C=O) groups excluding carboxylic acids is 9. The van der Waals surface area contributed by atoms with E-state index in [0.717, 1.165) is 0 Å². The van der Waals surface area contributed by atoms with Gasteiger partial charge in [0.25, 0.3) is 0 Å². The smallest absolute Gasteiger partial charge is 0.326 e. The standard InChI is InChI=1S/C51H101N29O12/c1-26(81)36(80-43(89)28(11-2-3-19-52)73-37(83)27(53)10-4-20-67-46(55)56)44(90)78-32(15-8-24-71-50(63)64)40(86)74-30(13-6-22-69-48(59)60)39(85)77-33(17-18-35(54)82)42(88)76-29(12-5-21-68-47(57)58)38(84)75-31(14-7-23-70-49(61)62)41(87)79-34(45(91)92)16-9-25-72-51(65)66/h26-34,36,81H,2-25,52-53H2,1H3,(H2,54,82)(H,73,83)(H,74,86)(H,75,84)(H,76,88)(H,77,85)(H,78,90)(H,79,87)(H,80,89)(H,91,92)(H4,55,56,67)(H4,57,58,68)(H4,59,60,69)(H4,61,62,70)(H4,63,64,71)(H4,65,66,72)/t26-,27-,28+,29+,30-,31+,32+,33+,34-,36+/m1/s1. The van der Waals surface area contributed by atoms with E-state index in [1.165, 1.54) is 6.92 Å². The number of aliphatic carboxylic acids is 1. The van der Waals surface area contributed by atoms with Crippen molar-refractivity contribution in [3.63, 3.8) is 0 Å². The fraction of sp³-hybridized carbons (Fsp3) is 0.686. The Bertz CT molecular complexity index is 2540. The Balaban J connectivity index is 7.36. The van der Waals surface area contributed by atoms with Gasteiger partial charge in [-0.2, -0.15) is 0 Å². The Morgan fingerprint density at radius 1 is 0.337 bits per heavy atom. The van der Waals surface area contributed by atoms with Gasteiger partial charge in [0, 0.05) is 45.7 Å². The number of unbranched alkanes of at least 4 members (excludes halogenated alkanes) is 1. The van der Waals surface area contributed by atoms with Gasteiger partial charge in [0.1, 0.15) is 48.3 Å². The van der Waals surface area contributed by atoms with Crippen LogP contribution in [0.1, 0.15) is 116 Å². The molecule has 0 aromatic heterocycles. The number of rotatable bonds is 49. The van der Waals surface area contributed by atoms with Crippen LogP contribution >= 0.6 is 0 Å². The monoisotopic (exact) mass is 1310 g/mol. The molecular formula is C51H101N29O12. The maximum atomic E-state index is 14.5. The van der Waals surface area contributed by atoms with Crippen LogP contribution in [0.5, 0.6) is 0 Å². The van der Waals surface area contributed by atoms with Crippen LogP contribution < -0.4 is 129 Å². The molecule has 0 aromatic carbocycles. The number of aliphatic hydroxyl groups is 1. The van der Waals surface area contributed by atoms with Gasteiger partial charge in [-0.3, -0.25) is 73.1 Å². The second-order valence-electron chi connectivity index (χ2n) is 21.1. The van der Waals surface area contributed by atoms with Crippen molar-refractivity contribution < 1.29 is 58.2 Å². The van der Waals surface area contributed by atoms with Crippen molar-refractivity contribution in [2.45, 2.75) is 177 Å². The van der Waals surface area contributed by atoms with Gasteiger partial charge in [-0.25, -0.2) is 4.79 Å². The second-order valence-corrected chi connectivity index (χ2v) is 21.1. The number of hydrogen-bond donors (Lipinski definition) is 25. The molecule has 0 saturated carbocycles. The molecule has 0 rings (SSSR count). The molecule has 0 saturated heterocycles. The number of nitrogens with zero attached hydrogens (tertiary/aromatic N) is 6. The SMILES string of the molecule is C[C@@H](O)[C@H](NC(=O)[C@H](CCCCN)NC(=O)[C@H](N)CCCN=C(N)N)C(=O)N[C@@H](CCCN=C(N)N)C(=O)N[C@H](CCCN=C(N)N)C(=O)N[C@@H](CCC(N)=O)C(=O)N[C@@H](CCCN=C(N)N)C(=O)N[C@@H](CCCN=C(N)N)C(=O)N[C@H](CCCN=C(N)N)C(=O)O. The highest BCUT2D eigenvalue weighted by Crippen LogP contribution is 2.12. The number of nitrogens with two attached hydrogens (primary N) is 15. The third-order valence-corrected chi connectivity index (χ3v) is 13.1. The van der Waals surface area contributed by atoms with Gasteiger partial charge in [-0.05, 0) is 116 Å². The molecule has 10 atom stereocenters. The van der Waals surface area contributed by atoms with Crippen LogP contribution in [0.4, 0.5) is 0 Å². The molecule has 41 nitrogen and oxygen atoms in total. The molecule has 41 heteroatoms. The number of aliphatic hydroxyl groups excluding tert-OH is 1. The van der Waals surface area contributed by atoms with Crippen molar-refractivity contribution in [1.29, 1.82) is 0 Å². The summed E-state index contributed by atoms with van der Waals surface area (Å²) in [7, 11) is 0. The van der Waals surface area contributed by atoms with Gasteiger partial charge in [0.15, 0.2) is 35.8 Å². The molecule has 0 spiro atoms. The van der Waals surface area contributed by atoms with Crippen molar-refractivity contribution in [3.05, 3.63) is 0 Å². The van der Waals surface area contributed by atoms with Gasteiger partial charge >= 0.3 is 5.97 Å². The zero-order chi connectivity index (χ0) is 69.9. The molecule has 0 bridgehead atoms. The lowest BCUT2D eigenvalue weighted by Crippen LogP contribution is -2.61. The Hall–Kier alpha value is -9.80. The summed E-state index contributed by atoms with van der Waals surface area (Å²) in [6, 6.07) is -13.6. The van der Waals surface area contributed by atoms with Crippen molar-refractivity contribution >= 4 is 94.9 Å². The number of carboxylic acids is 1. The number of carboxylic acid groups (broad SMARTS) is 1. The summed E-state index contributed by atoms with van der Waals surface area (Å²) in [4.78, 5) is 161. The van der Waals surface area contributed by atoms with Crippen molar-refractivity contribution in [3.8, 4) is 0 Å². The molecule has 0 heterocycles. The highest BCUT2D eigenvalue weighted by Gasteiger charge is 2.36. The molecule has 0 aromatic rings. The van der Waals surface area contributed by atoms with Crippen LogP contribution in [-0.2, 0) is 47.9 Å². The Morgan fingerprint density at radius 2 is 0.587 bits per heavy atom. The molecule has 0 radical (unpaired) electrons. The minimum atomic E-state index is -1.78. The quantitative estimate of drug-likeness (QED) is 0.0153. The van der Waals surface area contributed by atoms with Gasteiger partial charge in [0.05, 0.1) is 12.1 Å². The van der Waals surface area contributed by atoms with E-state index in [9.17, 15) is 58.2 Å². The van der Waals surface area contributed by atoms with E-state index in [2.05, 4.69) is 72.5 Å². The minimum Gasteiger partial charge on any atom is -0.480 e. The Kier molecular flexibility index (Phi) is 41.4. The Morgan fingerprint density at radius 3 is 0.870 bits per heavy atom. The van der Waals surface area contributed by atoms with Crippen LogP contribution in [0.25, 0.3) is 0 Å². The van der Waals surface area contributed by atoms with Crippen LogP contribution in [0.2, 0.25) is 0 Å². The van der Waals surface area contributed by atoms with Crippen molar-refractivity contribution in [2.24, 2.45) is 116 Å². The molecule has 40 N–H and O–H groups in total. The number of primary amides is 1. The lowest BCUT2D eigenvalue weighted by atomic mass is 10.0. The van der Waals surface area contributed by atoms with E-state index >= 15 is 0 Å². The highest BCUT2D eigenvalue weighted by molar-refractivity contribution is 5.98. The first kappa shape index (κ1) is 82.2. The predicted octanol–water partition coefficient (Wildman–Crippen LogP) is -11.6. The van der Waals surface area contributed by atoms with E-state index in [1.807, 2.05) is 0 Å². The summed E-state index contributed by atoms with van der Waals surface area (Å²) in [5.41, 5.74) is 82.8. The van der Waals surface area contributed by atoms with E-state index < -0.39 is 132 Å². The van der Waals surface area contributed by atoms with Crippen LogP contribution in [0.15, 0.2) is 30.0 Å². The predicted molar refractivity (Wildman–Crippen MR) is 344 cm³/mol. The number of amides is 9. The number of guanidine groups is 6. The largest absolute Gasteiger partial charge is 0.480 e. The second kappa shape index (κ2) is 46.3. The first-order valence-corrected chi connectivity index (χ1v) is 29.7. The van der Waals surface area contributed by atoms with E-state index in [1.54, 1.807) is 0 Å². The average Bonchev–Trinajstić information content (AvgIpc) is 1.06. The molecular weight excluding hydrogens is 1210 g/mol. The highest BCUT2D eigenvalue weighted by atomic mass is 16.4. The normalized spacial score (nSPS) is 14.0. The summed E-state index contributed by atoms with van der Waals surface area (Å²) in [5.74, 6) is -11.8.